The maximum atomic E-state index is 14.2. The molecule has 0 saturated carbocycles. The highest BCUT2D eigenvalue weighted by molar-refractivity contribution is 7.92. The van der Waals surface area contributed by atoms with Gasteiger partial charge in [0.15, 0.2) is 0 Å². The third-order valence-electron chi connectivity index (χ3n) is 7.30. The van der Waals surface area contributed by atoms with E-state index in [1.54, 1.807) is 24.3 Å². The summed E-state index contributed by atoms with van der Waals surface area (Å²) in [6, 6.07) is 17.7. The number of rotatable bonds is 13. The molecule has 0 spiro atoms. The first kappa shape index (κ1) is 32.9. The van der Waals surface area contributed by atoms with E-state index in [1.807, 2.05) is 58.9 Å². The maximum Gasteiger partial charge on any atom is 0.264 e. The van der Waals surface area contributed by atoms with Crippen LogP contribution in [0.15, 0.2) is 71.6 Å². The van der Waals surface area contributed by atoms with Crippen molar-refractivity contribution in [2.45, 2.75) is 71.0 Å². The summed E-state index contributed by atoms with van der Waals surface area (Å²) in [6.07, 6.45) is 1.08. The number of hydrogen-bond donors (Lipinski definition) is 1. The van der Waals surface area contributed by atoms with Crippen molar-refractivity contribution < 1.29 is 22.7 Å². The van der Waals surface area contributed by atoms with Crippen LogP contribution >= 0.6 is 11.6 Å². The van der Waals surface area contributed by atoms with Gasteiger partial charge in [0.25, 0.3) is 10.0 Å². The van der Waals surface area contributed by atoms with Crippen LogP contribution in [0.3, 0.4) is 0 Å². The van der Waals surface area contributed by atoms with Crippen LogP contribution in [-0.2, 0) is 26.2 Å². The fraction of sp³-hybridized carbons (Fsp3) is 0.375. The standard InChI is InChI=1S/C32H40ClN3O5S/c1-7-24(5)34-32(38)29(8-2)35(20-25-12-10-9-11-23(25)4)31(37)21-36(26-15-18-30(41-6)28(33)19-26)42(39,40)27-16-13-22(3)14-17-27/h9-19,24,29H,7-8,20-21H2,1-6H3,(H,34,38)/t24-,29-/m1/s1. The molecule has 3 aromatic carbocycles. The van der Waals surface area contributed by atoms with E-state index >= 15 is 0 Å². The first-order chi connectivity index (χ1) is 19.9. The Morgan fingerprint density at radius 3 is 2.21 bits per heavy atom. The van der Waals surface area contributed by atoms with Gasteiger partial charge in [-0.15, -0.1) is 0 Å². The number of amides is 2. The molecule has 0 aliphatic carbocycles. The zero-order valence-corrected chi connectivity index (χ0v) is 26.6. The van der Waals surface area contributed by atoms with Crippen LogP contribution in [0.1, 0.15) is 50.3 Å². The number of ether oxygens (including phenoxy) is 1. The monoisotopic (exact) mass is 613 g/mol. The van der Waals surface area contributed by atoms with E-state index in [-0.39, 0.29) is 34.1 Å². The van der Waals surface area contributed by atoms with Crippen molar-refractivity contribution >= 4 is 39.1 Å². The highest BCUT2D eigenvalue weighted by Gasteiger charge is 2.34. The largest absolute Gasteiger partial charge is 0.495 e. The van der Waals surface area contributed by atoms with Gasteiger partial charge in [-0.2, -0.15) is 0 Å². The van der Waals surface area contributed by atoms with Crippen LogP contribution in [0.2, 0.25) is 5.02 Å². The van der Waals surface area contributed by atoms with Crippen molar-refractivity contribution in [1.29, 1.82) is 0 Å². The van der Waals surface area contributed by atoms with Crippen LogP contribution in [0.5, 0.6) is 5.75 Å². The summed E-state index contributed by atoms with van der Waals surface area (Å²) in [7, 11) is -2.74. The van der Waals surface area contributed by atoms with Crippen molar-refractivity contribution in [3.63, 3.8) is 0 Å². The zero-order valence-electron chi connectivity index (χ0n) is 25.1. The number of nitrogens with one attached hydrogen (secondary N) is 1. The minimum Gasteiger partial charge on any atom is -0.495 e. The molecule has 10 heteroatoms. The lowest BCUT2D eigenvalue weighted by Crippen LogP contribution is -2.53. The van der Waals surface area contributed by atoms with Gasteiger partial charge in [-0.05, 0) is 75.1 Å². The normalized spacial score (nSPS) is 12.7. The molecule has 0 aromatic heterocycles. The van der Waals surface area contributed by atoms with Crippen molar-refractivity contribution in [2.24, 2.45) is 0 Å². The molecule has 0 saturated heterocycles. The van der Waals surface area contributed by atoms with E-state index in [4.69, 9.17) is 16.3 Å². The van der Waals surface area contributed by atoms with Gasteiger partial charge >= 0.3 is 0 Å². The number of methoxy groups -OCH3 is 1. The number of carbonyl (C=O) groups excluding carboxylic acids is 2. The first-order valence-electron chi connectivity index (χ1n) is 14.0. The number of hydrogen-bond acceptors (Lipinski definition) is 5. The number of anilines is 1. The summed E-state index contributed by atoms with van der Waals surface area (Å²) < 4.78 is 34.4. The van der Waals surface area contributed by atoms with Gasteiger partial charge in [-0.1, -0.05) is 67.4 Å². The Hall–Kier alpha value is -3.56. The number of halogens is 1. The molecule has 2 atom stereocenters. The first-order valence-corrected chi connectivity index (χ1v) is 15.8. The minimum absolute atomic E-state index is 0.0276. The smallest absolute Gasteiger partial charge is 0.264 e. The second-order valence-corrected chi connectivity index (χ2v) is 12.6. The fourth-order valence-electron chi connectivity index (χ4n) is 4.51. The molecule has 0 aliphatic rings. The van der Waals surface area contributed by atoms with E-state index in [2.05, 4.69) is 5.32 Å². The van der Waals surface area contributed by atoms with E-state index < -0.39 is 28.5 Å². The molecule has 0 radical (unpaired) electrons. The molecule has 0 bridgehead atoms. The average Bonchev–Trinajstić information content (AvgIpc) is 2.96. The fourth-order valence-corrected chi connectivity index (χ4v) is 6.17. The lowest BCUT2D eigenvalue weighted by molar-refractivity contribution is -0.140. The summed E-state index contributed by atoms with van der Waals surface area (Å²) >= 11 is 6.40. The lowest BCUT2D eigenvalue weighted by atomic mass is 10.1. The zero-order chi connectivity index (χ0) is 31.0. The van der Waals surface area contributed by atoms with Crippen LogP contribution in [0.25, 0.3) is 0 Å². The topological polar surface area (TPSA) is 96.0 Å². The number of aryl methyl sites for hydroxylation is 2. The molecule has 1 N–H and O–H groups in total. The Balaban J connectivity index is 2.11. The lowest BCUT2D eigenvalue weighted by Gasteiger charge is -2.34. The van der Waals surface area contributed by atoms with Crippen LogP contribution in [-0.4, -0.2) is 50.9 Å². The molecule has 8 nitrogen and oxygen atoms in total. The number of sulfonamides is 1. The highest BCUT2D eigenvalue weighted by Crippen LogP contribution is 2.32. The maximum absolute atomic E-state index is 14.2. The second kappa shape index (κ2) is 14.6. The quantitative estimate of drug-likeness (QED) is 0.260. The van der Waals surface area contributed by atoms with Crippen LogP contribution in [0.4, 0.5) is 5.69 Å². The Kier molecular flexibility index (Phi) is 11.4. The molecule has 0 heterocycles. The summed E-state index contributed by atoms with van der Waals surface area (Å²) in [5, 5.41) is 3.18. The molecule has 226 valence electrons. The van der Waals surface area contributed by atoms with Gasteiger partial charge < -0.3 is 15.0 Å². The Labute approximate surface area is 254 Å². The SMILES string of the molecule is CC[C@@H](C)NC(=O)[C@@H](CC)N(Cc1ccccc1C)C(=O)CN(c1ccc(OC)c(Cl)c1)S(=O)(=O)c1ccc(C)cc1. The van der Waals surface area contributed by atoms with Crippen LogP contribution in [0, 0.1) is 13.8 Å². The molecule has 42 heavy (non-hydrogen) atoms. The predicted molar refractivity (Wildman–Crippen MR) is 167 cm³/mol. The second-order valence-electron chi connectivity index (χ2n) is 10.3. The summed E-state index contributed by atoms with van der Waals surface area (Å²) in [5.74, 6) is -0.436. The summed E-state index contributed by atoms with van der Waals surface area (Å²) in [4.78, 5) is 29.1. The van der Waals surface area contributed by atoms with E-state index in [0.29, 0.717) is 12.2 Å². The molecular formula is C32H40ClN3O5S. The Bertz CT molecular complexity index is 1490. The van der Waals surface area contributed by atoms with Crippen molar-refractivity contribution in [1.82, 2.24) is 10.2 Å². The molecule has 3 aromatic rings. The van der Waals surface area contributed by atoms with Crippen LogP contribution < -0.4 is 14.4 Å². The van der Waals surface area contributed by atoms with Gasteiger partial charge in [-0.25, -0.2) is 8.42 Å². The molecule has 0 fully saturated rings. The molecule has 0 aliphatic heterocycles. The minimum atomic E-state index is -4.21. The van der Waals surface area contributed by atoms with Gasteiger partial charge in [0.2, 0.25) is 11.8 Å². The van der Waals surface area contributed by atoms with Crippen molar-refractivity contribution in [3.05, 3.63) is 88.4 Å². The predicted octanol–water partition coefficient (Wildman–Crippen LogP) is 5.88. The average molecular weight is 614 g/mol. The summed E-state index contributed by atoms with van der Waals surface area (Å²) in [5.41, 5.74) is 2.91. The molecular weight excluding hydrogens is 574 g/mol. The van der Waals surface area contributed by atoms with E-state index in [0.717, 1.165) is 27.4 Å². The Morgan fingerprint density at radius 2 is 1.64 bits per heavy atom. The number of benzene rings is 3. The van der Waals surface area contributed by atoms with Gasteiger partial charge in [-0.3, -0.25) is 13.9 Å². The third kappa shape index (κ3) is 7.83. The van der Waals surface area contributed by atoms with Crippen molar-refractivity contribution in [3.8, 4) is 5.75 Å². The number of nitrogens with zero attached hydrogens (tertiary/aromatic N) is 2. The summed E-state index contributed by atoms with van der Waals surface area (Å²) in [6.45, 7) is 9.10. The number of carbonyl (C=O) groups is 2. The van der Waals surface area contributed by atoms with E-state index in [9.17, 15) is 18.0 Å². The van der Waals surface area contributed by atoms with Gasteiger partial charge in [0.05, 0.1) is 22.7 Å². The molecule has 3 rings (SSSR count). The highest BCUT2D eigenvalue weighted by atomic mass is 35.5. The Morgan fingerprint density at radius 1 is 0.976 bits per heavy atom. The molecule has 2 amide bonds. The van der Waals surface area contributed by atoms with Gasteiger partial charge in [0.1, 0.15) is 18.3 Å². The third-order valence-corrected chi connectivity index (χ3v) is 9.38. The molecule has 0 unspecified atom stereocenters. The van der Waals surface area contributed by atoms with Crippen molar-refractivity contribution in [2.75, 3.05) is 18.0 Å². The van der Waals surface area contributed by atoms with Gasteiger partial charge in [0, 0.05) is 12.6 Å². The van der Waals surface area contributed by atoms with E-state index in [1.165, 1.54) is 30.2 Å².